The second kappa shape index (κ2) is 11.7. The minimum Gasteiger partial charge on any atom is -0.381 e. The molecule has 7 nitrogen and oxygen atoms in total. The standard InChI is InChI=1S/C15H11ClFN3O.C5H10O.C4H6N2/c1-8-9(2)19-14-13(18-5-6-20(14)15(8)21)11-4-3-10(16)7-12(11)17;1-2-4-6-5-3-1;1-6-4-2-3-5-6/h3-7H,1-2H3;1-5H2;2-4H,1H3. The van der Waals surface area contributed by atoms with E-state index in [1.165, 1.54) is 48.2 Å². The second-order valence-electron chi connectivity index (χ2n) is 7.57. The third kappa shape index (κ3) is 6.46. The van der Waals surface area contributed by atoms with Crippen LogP contribution in [-0.4, -0.2) is 37.4 Å². The second-order valence-corrected chi connectivity index (χ2v) is 8.01. The lowest BCUT2D eigenvalue weighted by Gasteiger charge is -2.09. The molecule has 0 spiro atoms. The van der Waals surface area contributed by atoms with E-state index in [9.17, 15) is 9.18 Å². The number of fused-ring (bicyclic) bond motifs is 1. The molecule has 0 aliphatic carbocycles. The van der Waals surface area contributed by atoms with E-state index >= 15 is 0 Å². The van der Waals surface area contributed by atoms with Crippen LogP contribution in [0, 0.1) is 19.7 Å². The summed E-state index contributed by atoms with van der Waals surface area (Å²) < 4.78 is 22.3. The lowest BCUT2D eigenvalue weighted by atomic mass is 10.1. The van der Waals surface area contributed by atoms with Crippen molar-refractivity contribution in [3.05, 3.63) is 81.5 Å². The summed E-state index contributed by atoms with van der Waals surface area (Å²) in [4.78, 5) is 20.8. The monoisotopic (exact) mass is 471 g/mol. The van der Waals surface area contributed by atoms with Crippen LogP contribution in [0.2, 0.25) is 5.02 Å². The van der Waals surface area contributed by atoms with Gasteiger partial charge in [0.2, 0.25) is 0 Å². The highest BCUT2D eigenvalue weighted by Gasteiger charge is 2.14. The van der Waals surface area contributed by atoms with Crippen LogP contribution in [0.4, 0.5) is 4.39 Å². The molecule has 1 aliphatic rings. The Bertz CT molecular complexity index is 1240. The summed E-state index contributed by atoms with van der Waals surface area (Å²) in [5, 5.41) is 4.13. The van der Waals surface area contributed by atoms with Crippen molar-refractivity contribution in [2.24, 2.45) is 7.05 Å². The average molecular weight is 472 g/mol. The number of hydrogen-bond donors (Lipinski definition) is 0. The first-order valence-corrected chi connectivity index (χ1v) is 11.1. The SMILES string of the molecule is C1CCOCC1.Cc1nc2c(-c3ccc(Cl)cc3F)nccn2c(=O)c1C.Cn1cccn1. The molecule has 0 amide bonds. The van der Waals surface area contributed by atoms with E-state index in [0.29, 0.717) is 27.6 Å². The fraction of sp³-hybridized carbons (Fsp3) is 0.333. The number of nitrogens with zero attached hydrogens (tertiary/aromatic N) is 5. The summed E-state index contributed by atoms with van der Waals surface area (Å²) in [7, 11) is 1.89. The first kappa shape index (κ1) is 24.5. The van der Waals surface area contributed by atoms with Crippen LogP contribution in [-0.2, 0) is 11.8 Å². The van der Waals surface area contributed by atoms with E-state index in [0.717, 1.165) is 13.2 Å². The lowest BCUT2D eigenvalue weighted by molar-refractivity contribution is 0.0968. The van der Waals surface area contributed by atoms with Gasteiger partial charge in [0.25, 0.3) is 5.56 Å². The molecule has 0 radical (unpaired) electrons. The molecular weight excluding hydrogens is 445 g/mol. The molecule has 0 bridgehead atoms. The van der Waals surface area contributed by atoms with Gasteiger partial charge in [-0.15, -0.1) is 0 Å². The van der Waals surface area contributed by atoms with Gasteiger partial charge in [0, 0.05) is 66.9 Å². The number of rotatable bonds is 1. The van der Waals surface area contributed by atoms with Crippen LogP contribution >= 0.6 is 11.6 Å². The van der Waals surface area contributed by atoms with Gasteiger partial charge in [0.15, 0.2) is 5.65 Å². The number of halogens is 2. The molecule has 9 heteroatoms. The molecule has 1 fully saturated rings. The summed E-state index contributed by atoms with van der Waals surface area (Å²) in [6, 6.07) is 6.20. The van der Waals surface area contributed by atoms with Gasteiger partial charge in [-0.1, -0.05) is 11.6 Å². The topological polar surface area (TPSA) is 74.3 Å². The van der Waals surface area contributed by atoms with Crippen molar-refractivity contribution in [3.8, 4) is 11.3 Å². The molecule has 0 unspecified atom stereocenters. The molecule has 1 saturated heterocycles. The fourth-order valence-electron chi connectivity index (χ4n) is 3.17. The predicted molar refractivity (Wildman–Crippen MR) is 127 cm³/mol. The van der Waals surface area contributed by atoms with E-state index < -0.39 is 5.82 Å². The van der Waals surface area contributed by atoms with Crippen LogP contribution < -0.4 is 5.56 Å². The van der Waals surface area contributed by atoms with Gasteiger partial charge in [0.1, 0.15) is 11.5 Å². The van der Waals surface area contributed by atoms with Crippen LogP contribution in [0.3, 0.4) is 0 Å². The van der Waals surface area contributed by atoms with Gasteiger partial charge in [-0.3, -0.25) is 18.9 Å². The minimum atomic E-state index is -0.504. The van der Waals surface area contributed by atoms with Gasteiger partial charge in [-0.25, -0.2) is 9.37 Å². The Morgan fingerprint density at radius 1 is 1.09 bits per heavy atom. The van der Waals surface area contributed by atoms with Crippen LogP contribution in [0.5, 0.6) is 0 Å². The highest BCUT2D eigenvalue weighted by Crippen LogP contribution is 2.26. The molecule has 1 aromatic carbocycles. The van der Waals surface area contributed by atoms with Gasteiger partial charge in [-0.05, 0) is 57.4 Å². The van der Waals surface area contributed by atoms with Crippen molar-refractivity contribution in [2.45, 2.75) is 33.1 Å². The van der Waals surface area contributed by atoms with Gasteiger partial charge < -0.3 is 4.74 Å². The summed E-state index contributed by atoms with van der Waals surface area (Å²) in [5.41, 5.74) is 1.87. The molecule has 0 saturated carbocycles. The largest absolute Gasteiger partial charge is 0.381 e. The number of hydrogen-bond acceptors (Lipinski definition) is 5. The number of aryl methyl sites for hydroxylation is 2. The predicted octanol–water partition coefficient (Wildman–Crippen LogP) is 4.77. The Hall–Kier alpha value is -3.10. The maximum absolute atomic E-state index is 14.1. The van der Waals surface area contributed by atoms with Gasteiger partial charge >= 0.3 is 0 Å². The third-order valence-electron chi connectivity index (χ3n) is 5.12. The zero-order valence-electron chi connectivity index (χ0n) is 19.0. The number of aromatic nitrogens is 5. The van der Waals surface area contributed by atoms with E-state index in [1.807, 2.05) is 19.3 Å². The molecule has 4 heterocycles. The van der Waals surface area contributed by atoms with Gasteiger partial charge in [0.05, 0.1) is 0 Å². The highest BCUT2D eigenvalue weighted by molar-refractivity contribution is 6.30. The summed E-state index contributed by atoms with van der Waals surface area (Å²) in [6.45, 7) is 5.45. The summed E-state index contributed by atoms with van der Waals surface area (Å²) in [6.07, 6.45) is 10.5. The maximum Gasteiger partial charge on any atom is 0.261 e. The number of ether oxygens (including phenoxy) is 1. The van der Waals surface area contributed by atoms with E-state index in [1.54, 1.807) is 30.8 Å². The van der Waals surface area contributed by atoms with Gasteiger partial charge in [-0.2, -0.15) is 5.10 Å². The molecule has 0 atom stereocenters. The Kier molecular flexibility index (Phi) is 8.68. The zero-order chi connectivity index (χ0) is 23.8. The Balaban J connectivity index is 0.000000207. The quantitative estimate of drug-likeness (QED) is 0.399. The van der Waals surface area contributed by atoms with Crippen molar-refractivity contribution in [3.63, 3.8) is 0 Å². The fourth-order valence-corrected chi connectivity index (χ4v) is 3.33. The molecular formula is C24H27ClFN5O2. The van der Waals surface area contributed by atoms with E-state index in [2.05, 4.69) is 15.1 Å². The third-order valence-corrected chi connectivity index (χ3v) is 5.35. The number of benzene rings is 1. The minimum absolute atomic E-state index is 0.185. The molecule has 3 aromatic heterocycles. The Labute approximate surface area is 196 Å². The van der Waals surface area contributed by atoms with Crippen molar-refractivity contribution in [1.82, 2.24) is 24.1 Å². The van der Waals surface area contributed by atoms with E-state index in [-0.39, 0.29) is 11.1 Å². The summed E-state index contributed by atoms with van der Waals surface area (Å²) >= 11 is 5.76. The molecule has 5 rings (SSSR count). The van der Waals surface area contributed by atoms with Crippen LogP contribution in [0.1, 0.15) is 30.5 Å². The first-order chi connectivity index (χ1) is 15.9. The molecule has 1 aliphatic heterocycles. The Morgan fingerprint density at radius 2 is 1.85 bits per heavy atom. The average Bonchev–Trinajstić information content (AvgIpc) is 3.30. The van der Waals surface area contributed by atoms with Crippen molar-refractivity contribution >= 4 is 17.2 Å². The van der Waals surface area contributed by atoms with Crippen molar-refractivity contribution in [1.29, 1.82) is 0 Å². The maximum atomic E-state index is 14.1. The Morgan fingerprint density at radius 3 is 2.36 bits per heavy atom. The highest BCUT2D eigenvalue weighted by atomic mass is 35.5. The smallest absolute Gasteiger partial charge is 0.261 e. The van der Waals surface area contributed by atoms with Crippen LogP contribution in [0.15, 0.2) is 53.8 Å². The van der Waals surface area contributed by atoms with E-state index in [4.69, 9.17) is 16.3 Å². The molecule has 174 valence electrons. The zero-order valence-corrected chi connectivity index (χ0v) is 19.7. The molecule has 33 heavy (non-hydrogen) atoms. The van der Waals surface area contributed by atoms with Crippen molar-refractivity contribution < 1.29 is 9.13 Å². The molecule has 0 N–H and O–H groups in total. The first-order valence-electron chi connectivity index (χ1n) is 10.7. The lowest BCUT2D eigenvalue weighted by Crippen LogP contribution is -2.20. The van der Waals surface area contributed by atoms with Crippen LogP contribution in [0.25, 0.3) is 16.9 Å². The van der Waals surface area contributed by atoms with Crippen molar-refractivity contribution in [2.75, 3.05) is 13.2 Å². The molecule has 4 aromatic rings. The summed E-state index contributed by atoms with van der Waals surface area (Å²) in [5.74, 6) is -0.504. The normalized spacial score (nSPS) is 13.0.